The van der Waals surface area contributed by atoms with Gasteiger partial charge in [-0.2, -0.15) is 5.10 Å². The first-order valence-corrected chi connectivity index (χ1v) is 8.91. The van der Waals surface area contributed by atoms with E-state index in [1.165, 1.54) is 4.40 Å². The maximum Gasteiger partial charge on any atom is 0.347 e. The molecule has 0 aliphatic rings. The lowest BCUT2D eigenvalue weighted by Gasteiger charge is -2.11. The smallest absolute Gasteiger partial charge is 0.347 e. The number of hydrogen-bond donors (Lipinski definition) is 2. The predicted molar refractivity (Wildman–Crippen MR) is 108 cm³/mol. The average molecular weight is 376 g/mol. The standard InChI is InChI=1S/C21H20N4O3/c1-27-17-7-9-18(10-8-17)28-12-11-22-19-13-16(15-5-3-2-4-6-15)14-25-20(19)23-24-21(25)26/h2-10,13-14,22H,11-12H2,1H3,(H,24,26). The summed E-state index contributed by atoms with van der Waals surface area (Å²) in [6.07, 6.45) is 1.79. The predicted octanol–water partition coefficient (Wildman–Crippen LogP) is 3.19. The van der Waals surface area contributed by atoms with Crippen molar-refractivity contribution in [3.63, 3.8) is 0 Å². The molecule has 7 nitrogen and oxygen atoms in total. The van der Waals surface area contributed by atoms with Crippen LogP contribution >= 0.6 is 0 Å². The summed E-state index contributed by atoms with van der Waals surface area (Å²) < 4.78 is 12.4. The Morgan fingerprint density at radius 2 is 1.79 bits per heavy atom. The van der Waals surface area contributed by atoms with Crippen molar-refractivity contribution in [1.82, 2.24) is 14.6 Å². The zero-order valence-electron chi connectivity index (χ0n) is 15.4. The number of pyridine rings is 1. The average Bonchev–Trinajstić information content (AvgIpc) is 3.13. The van der Waals surface area contributed by atoms with Crippen molar-refractivity contribution in [1.29, 1.82) is 0 Å². The van der Waals surface area contributed by atoms with Crippen molar-refractivity contribution in [2.45, 2.75) is 0 Å². The van der Waals surface area contributed by atoms with Crippen LogP contribution in [0, 0.1) is 0 Å². The highest BCUT2D eigenvalue weighted by Gasteiger charge is 2.10. The molecule has 4 aromatic rings. The van der Waals surface area contributed by atoms with E-state index in [1.54, 1.807) is 13.3 Å². The Balaban J connectivity index is 1.50. The van der Waals surface area contributed by atoms with Gasteiger partial charge in [-0.25, -0.2) is 14.3 Å². The molecule has 2 heterocycles. The molecular weight excluding hydrogens is 356 g/mol. The highest BCUT2D eigenvalue weighted by atomic mass is 16.5. The molecule has 0 bridgehead atoms. The van der Waals surface area contributed by atoms with Gasteiger partial charge in [0, 0.05) is 18.3 Å². The second-order valence-electron chi connectivity index (χ2n) is 6.18. The fourth-order valence-electron chi connectivity index (χ4n) is 2.96. The van der Waals surface area contributed by atoms with Crippen LogP contribution in [0.25, 0.3) is 16.8 Å². The molecule has 142 valence electrons. The summed E-state index contributed by atoms with van der Waals surface area (Å²) in [5, 5.41) is 9.93. The van der Waals surface area contributed by atoms with E-state index in [-0.39, 0.29) is 5.69 Å². The van der Waals surface area contributed by atoms with Gasteiger partial charge >= 0.3 is 5.69 Å². The van der Waals surface area contributed by atoms with Crippen molar-refractivity contribution in [2.75, 3.05) is 25.6 Å². The first kappa shape index (κ1) is 17.7. The number of fused-ring (bicyclic) bond motifs is 1. The number of ether oxygens (including phenoxy) is 2. The second kappa shape index (κ2) is 7.87. The number of methoxy groups -OCH3 is 1. The van der Waals surface area contributed by atoms with Crippen molar-refractivity contribution in [3.8, 4) is 22.6 Å². The number of hydrogen-bond acceptors (Lipinski definition) is 5. The molecule has 0 atom stereocenters. The third kappa shape index (κ3) is 3.68. The van der Waals surface area contributed by atoms with Gasteiger partial charge in [0.05, 0.1) is 12.8 Å². The first-order chi connectivity index (χ1) is 13.7. The van der Waals surface area contributed by atoms with Crippen molar-refractivity contribution in [3.05, 3.63) is 77.3 Å². The topological polar surface area (TPSA) is 80.7 Å². The lowest BCUT2D eigenvalue weighted by Crippen LogP contribution is -2.14. The number of nitrogens with one attached hydrogen (secondary N) is 2. The summed E-state index contributed by atoms with van der Waals surface area (Å²) in [7, 11) is 1.63. The Bertz CT molecular complexity index is 1120. The van der Waals surface area contributed by atoms with Gasteiger partial charge in [0.25, 0.3) is 0 Å². The molecule has 0 fully saturated rings. The van der Waals surface area contributed by atoms with Crippen LogP contribution in [0.1, 0.15) is 0 Å². The molecule has 0 amide bonds. The van der Waals surface area contributed by atoms with Crippen LogP contribution in [-0.4, -0.2) is 34.9 Å². The number of anilines is 1. The minimum absolute atomic E-state index is 0.273. The van der Waals surface area contributed by atoms with Crippen LogP contribution in [0.2, 0.25) is 0 Å². The van der Waals surface area contributed by atoms with Gasteiger partial charge in [-0.1, -0.05) is 30.3 Å². The summed E-state index contributed by atoms with van der Waals surface area (Å²) in [4.78, 5) is 12.1. The zero-order valence-corrected chi connectivity index (χ0v) is 15.4. The molecule has 2 aromatic heterocycles. The summed E-state index contributed by atoms with van der Waals surface area (Å²) in [6.45, 7) is 1.02. The van der Waals surface area contributed by atoms with Gasteiger partial charge in [0.1, 0.15) is 18.1 Å². The van der Waals surface area contributed by atoms with E-state index in [4.69, 9.17) is 9.47 Å². The van der Waals surface area contributed by atoms with Crippen LogP contribution in [0.15, 0.2) is 71.7 Å². The van der Waals surface area contributed by atoms with Gasteiger partial charge in [0.15, 0.2) is 5.65 Å². The van der Waals surface area contributed by atoms with Crippen LogP contribution in [0.4, 0.5) is 5.69 Å². The lowest BCUT2D eigenvalue weighted by atomic mass is 10.1. The third-order valence-corrected chi connectivity index (χ3v) is 4.37. The molecule has 2 aromatic carbocycles. The van der Waals surface area contributed by atoms with Gasteiger partial charge in [-0.05, 0) is 35.9 Å². The Labute approximate surface area is 161 Å². The molecule has 28 heavy (non-hydrogen) atoms. The number of nitrogens with zero attached hydrogens (tertiary/aromatic N) is 2. The molecular formula is C21H20N4O3. The van der Waals surface area contributed by atoms with Crippen LogP contribution in [0.5, 0.6) is 11.5 Å². The Morgan fingerprint density at radius 3 is 2.54 bits per heavy atom. The Hall–Kier alpha value is -3.74. The molecule has 0 spiro atoms. The summed E-state index contributed by atoms with van der Waals surface area (Å²) in [5.41, 5.74) is 2.99. The van der Waals surface area contributed by atoms with E-state index in [9.17, 15) is 4.79 Å². The minimum atomic E-state index is -0.273. The number of benzene rings is 2. The van der Waals surface area contributed by atoms with E-state index in [2.05, 4.69) is 15.5 Å². The fraction of sp³-hybridized carbons (Fsp3) is 0.143. The van der Waals surface area contributed by atoms with Crippen molar-refractivity contribution in [2.24, 2.45) is 0 Å². The minimum Gasteiger partial charge on any atom is -0.497 e. The SMILES string of the molecule is COc1ccc(OCCNc2cc(-c3ccccc3)cn3c(=O)[nH]nc23)cc1. The molecule has 0 saturated heterocycles. The largest absolute Gasteiger partial charge is 0.497 e. The highest BCUT2D eigenvalue weighted by molar-refractivity contribution is 5.75. The van der Waals surface area contributed by atoms with Gasteiger partial charge in [-0.15, -0.1) is 0 Å². The van der Waals surface area contributed by atoms with Crippen molar-refractivity contribution >= 4 is 11.3 Å². The monoisotopic (exact) mass is 376 g/mol. The molecule has 0 radical (unpaired) electrons. The molecule has 0 aliphatic carbocycles. The maximum absolute atomic E-state index is 12.1. The van der Waals surface area contributed by atoms with E-state index in [1.807, 2.05) is 60.7 Å². The van der Waals surface area contributed by atoms with E-state index < -0.39 is 0 Å². The van der Waals surface area contributed by atoms with E-state index >= 15 is 0 Å². The van der Waals surface area contributed by atoms with Crippen LogP contribution in [-0.2, 0) is 0 Å². The normalized spacial score (nSPS) is 10.8. The number of rotatable bonds is 7. The summed E-state index contributed by atoms with van der Waals surface area (Å²) in [5.74, 6) is 1.55. The lowest BCUT2D eigenvalue weighted by molar-refractivity contribution is 0.332. The zero-order chi connectivity index (χ0) is 19.3. The fourth-order valence-corrected chi connectivity index (χ4v) is 2.96. The quantitative estimate of drug-likeness (QED) is 0.484. The molecule has 0 unspecified atom stereocenters. The molecule has 4 rings (SSSR count). The van der Waals surface area contributed by atoms with Gasteiger partial charge in [0.2, 0.25) is 0 Å². The van der Waals surface area contributed by atoms with Crippen LogP contribution < -0.4 is 20.5 Å². The maximum atomic E-state index is 12.1. The highest BCUT2D eigenvalue weighted by Crippen LogP contribution is 2.24. The van der Waals surface area contributed by atoms with Gasteiger partial charge in [-0.3, -0.25) is 0 Å². The molecule has 7 heteroatoms. The van der Waals surface area contributed by atoms with Crippen molar-refractivity contribution < 1.29 is 9.47 Å². The van der Waals surface area contributed by atoms with E-state index in [0.29, 0.717) is 18.8 Å². The van der Waals surface area contributed by atoms with Crippen LogP contribution in [0.3, 0.4) is 0 Å². The van der Waals surface area contributed by atoms with Gasteiger partial charge < -0.3 is 14.8 Å². The summed E-state index contributed by atoms with van der Waals surface area (Å²) >= 11 is 0. The number of H-pyrrole nitrogens is 1. The third-order valence-electron chi connectivity index (χ3n) is 4.37. The Morgan fingerprint density at radius 1 is 1.04 bits per heavy atom. The molecule has 0 aliphatic heterocycles. The summed E-state index contributed by atoms with van der Waals surface area (Å²) in [6, 6.07) is 19.3. The molecule has 2 N–H and O–H groups in total. The first-order valence-electron chi connectivity index (χ1n) is 8.91. The number of aromatic amines is 1. The second-order valence-corrected chi connectivity index (χ2v) is 6.18. The molecule has 0 saturated carbocycles. The number of aromatic nitrogens is 3. The Kier molecular flexibility index (Phi) is 4.97. The van der Waals surface area contributed by atoms with E-state index in [0.717, 1.165) is 28.3 Å².